The second kappa shape index (κ2) is 5.22. The Morgan fingerprint density at radius 3 is 1.41 bits per heavy atom. The molecule has 2 aromatic rings. The zero-order valence-corrected chi connectivity index (χ0v) is 16.1. The number of hydrogen-bond acceptors (Lipinski definition) is 4. The Morgan fingerprint density at radius 2 is 1.07 bits per heavy atom. The molecule has 2 aliphatic carbocycles. The molecule has 27 heavy (non-hydrogen) atoms. The van der Waals surface area contributed by atoms with Crippen molar-refractivity contribution in [2.24, 2.45) is 0 Å². The number of phenols is 2. The van der Waals surface area contributed by atoms with E-state index in [2.05, 4.69) is 27.7 Å². The van der Waals surface area contributed by atoms with Crippen LogP contribution < -0.4 is 0 Å². The SMILES string of the molecule is CC1(C)CC2(CC(C)(C)c3cc(C=O)c(O)cc32)c2cc(O)c(C=O)cc21. The third kappa shape index (κ3) is 2.22. The number of hydrogen-bond donors (Lipinski definition) is 2. The molecule has 4 nitrogen and oxygen atoms in total. The Labute approximate surface area is 158 Å². The molecule has 140 valence electrons. The molecule has 0 aliphatic heterocycles. The van der Waals surface area contributed by atoms with Gasteiger partial charge in [0.1, 0.15) is 11.5 Å². The maximum Gasteiger partial charge on any atom is 0.153 e. The smallest absolute Gasteiger partial charge is 0.153 e. The minimum atomic E-state index is -0.366. The average molecular weight is 364 g/mol. The van der Waals surface area contributed by atoms with E-state index in [9.17, 15) is 19.8 Å². The standard InChI is InChI=1S/C23H24O4/c1-21(2)11-23(17-7-19(26)13(9-24)5-15(17)21)12-22(3,4)16-6-14(10-25)20(27)8-18(16)23/h5-10,26-27H,11-12H2,1-4H3. The lowest BCUT2D eigenvalue weighted by Gasteiger charge is -2.30. The lowest BCUT2D eigenvalue weighted by molar-refractivity contribution is 0.111. The van der Waals surface area contributed by atoms with Gasteiger partial charge in [0.15, 0.2) is 12.6 Å². The van der Waals surface area contributed by atoms with Crippen molar-refractivity contribution in [3.05, 3.63) is 57.6 Å². The van der Waals surface area contributed by atoms with Gasteiger partial charge < -0.3 is 10.2 Å². The largest absolute Gasteiger partial charge is 0.507 e. The number of carbonyl (C=O) groups excluding carboxylic acids is 2. The summed E-state index contributed by atoms with van der Waals surface area (Å²) in [6.45, 7) is 8.60. The summed E-state index contributed by atoms with van der Waals surface area (Å²) in [7, 11) is 0. The van der Waals surface area contributed by atoms with Gasteiger partial charge in [0.25, 0.3) is 0 Å². The van der Waals surface area contributed by atoms with Crippen molar-refractivity contribution >= 4 is 12.6 Å². The molecule has 0 bridgehead atoms. The van der Waals surface area contributed by atoms with Gasteiger partial charge in [-0.15, -0.1) is 0 Å². The third-order valence-corrected chi connectivity index (χ3v) is 6.56. The van der Waals surface area contributed by atoms with Gasteiger partial charge in [-0.05, 0) is 70.2 Å². The molecule has 0 amide bonds. The van der Waals surface area contributed by atoms with Gasteiger partial charge in [-0.3, -0.25) is 9.59 Å². The number of aromatic hydroxyl groups is 2. The molecule has 4 heteroatoms. The Balaban J connectivity index is 2.06. The van der Waals surface area contributed by atoms with E-state index >= 15 is 0 Å². The highest BCUT2D eigenvalue weighted by Crippen LogP contribution is 2.63. The second-order valence-electron chi connectivity index (χ2n) is 9.35. The molecule has 2 aliphatic rings. The van der Waals surface area contributed by atoms with Gasteiger partial charge in [-0.25, -0.2) is 0 Å². The molecule has 0 saturated carbocycles. The molecule has 0 unspecified atom stereocenters. The first-order chi connectivity index (χ1) is 12.6. The van der Waals surface area contributed by atoms with Gasteiger partial charge in [0.2, 0.25) is 0 Å². The molecule has 0 atom stereocenters. The molecule has 0 saturated heterocycles. The summed E-state index contributed by atoms with van der Waals surface area (Å²) in [4.78, 5) is 22.7. The van der Waals surface area contributed by atoms with Crippen LogP contribution in [-0.2, 0) is 16.2 Å². The monoisotopic (exact) mass is 364 g/mol. The van der Waals surface area contributed by atoms with Crippen LogP contribution in [0.2, 0.25) is 0 Å². The fourth-order valence-electron chi connectivity index (χ4n) is 5.60. The van der Waals surface area contributed by atoms with Crippen LogP contribution in [0.1, 0.15) is 83.5 Å². The average Bonchev–Trinajstić information content (AvgIpc) is 2.93. The van der Waals surface area contributed by atoms with Gasteiger partial charge in [-0.1, -0.05) is 27.7 Å². The predicted molar refractivity (Wildman–Crippen MR) is 103 cm³/mol. The van der Waals surface area contributed by atoms with Crippen LogP contribution in [0.15, 0.2) is 24.3 Å². The van der Waals surface area contributed by atoms with Gasteiger partial charge >= 0.3 is 0 Å². The number of fused-ring (bicyclic) bond motifs is 4. The third-order valence-electron chi connectivity index (χ3n) is 6.56. The van der Waals surface area contributed by atoms with Crippen LogP contribution in [0.25, 0.3) is 0 Å². The summed E-state index contributed by atoms with van der Waals surface area (Å²) in [6.07, 6.45) is 3.00. The van der Waals surface area contributed by atoms with Crippen molar-refractivity contribution in [3.63, 3.8) is 0 Å². The Morgan fingerprint density at radius 1 is 0.704 bits per heavy atom. The van der Waals surface area contributed by atoms with Crippen molar-refractivity contribution < 1.29 is 19.8 Å². The molecular formula is C23H24O4. The highest BCUT2D eigenvalue weighted by Gasteiger charge is 2.56. The number of phenolic OH excluding ortho intramolecular Hbond substituents is 2. The van der Waals surface area contributed by atoms with Crippen molar-refractivity contribution in [3.8, 4) is 11.5 Å². The summed E-state index contributed by atoms with van der Waals surface area (Å²) >= 11 is 0. The molecule has 4 rings (SSSR count). The Kier molecular flexibility index (Phi) is 3.43. The first-order valence-electron chi connectivity index (χ1n) is 9.22. The normalized spacial score (nSPS) is 20.3. The number of aldehydes is 2. The highest BCUT2D eigenvalue weighted by molar-refractivity contribution is 5.82. The first-order valence-corrected chi connectivity index (χ1v) is 9.22. The quantitative estimate of drug-likeness (QED) is 0.776. The molecular weight excluding hydrogens is 340 g/mol. The molecule has 2 aromatic carbocycles. The van der Waals surface area contributed by atoms with Gasteiger partial charge in [-0.2, -0.15) is 0 Å². The fourth-order valence-corrected chi connectivity index (χ4v) is 5.60. The molecule has 0 radical (unpaired) electrons. The predicted octanol–water partition coefficient (Wildman–Crippen LogP) is 4.37. The summed E-state index contributed by atoms with van der Waals surface area (Å²) < 4.78 is 0. The number of benzene rings is 2. The maximum absolute atomic E-state index is 11.3. The van der Waals surface area contributed by atoms with Crippen molar-refractivity contribution in [1.29, 1.82) is 0 Å². The van der Waals surface area contributed by atoms with Crippen LogP contribution >= 0.6 is 0 Å². The Bertz CT molecular complexity index is 916. The lowest BCUT2D eigenvalue weighted by atomic mass is 9.72. The molecule has 0 fully saturated rings. The van der Waals surface area contributed by atoms with E-state index in [0.29, 0.717) is 23.7 Å². The summed E-state index contributed by atoms with van der Waals surface area (Å²) in [5, 5.41) is 20.8. The fraction of sp³-hybridized carbons (Fsp3) is 0.391. The molecule has 0 aromatic heterocycles. The van der Waals surface area contributed by atoms with Gasteiger partial charge in [0.05, 0.1) is 11.1 Å². The van der Waals surface area contributed by atoms with E-state index in [1.54, 1.807) is 24.3 Å². The van der Waals surface area contributed by atoms with E-state index in [0.717, 1.165) is 35.1 Å². The van der Waals surface area contributed by atoms with Crippen molar-refractivity contribution in [2.75, 3.05) is 0 Å². The zero-order chi connectivity index (χ0) is 19.8. The van der Waals surface area contributed by atoms with Crippen LogP contribution in [0.3, 0.4) is 0 Å². The van der Waals surface area contributed by atoms with Crippen molar-refractivity contribution in [1.82, 2.24) is 0 Å². The van der Waals surface area contributed by atoms with Crippen molar-refractivity contribution in [2.45, 2.75) is 56.8 Å². The van der Waals surface area contributed by atoms with Crippen LogP contribution in [0.5, 0.6) is 11.5 Å². The van der Waals surface area contributed by atoms with Gasteiger partial charge in [0, 0.05) is 5.41 Å². The summed E-state index contributed by atoms with van der Waals surface area (Å²) in [5.74, 6) is -0.0263. The van der Waals surface area contributed by atoms with E-state index < -0.39 is 0 Å². The lowest BCUT2D eigenvalue weighted by Crippen LogP contribution is -2.26. The first kappa shape index (κ1) is 17.8. The minimum absolute atomic E-state index is 0.0131. The highest BCUT2D eigenvalue weighted by atomic mass is 16.3. The molecule has 0 heterocycles. The minimum Gasteiger partial charge on any atom is -0.507 e. The Hall–Kier alpha value is -2.62. The van der Waals surface area contributed by atoms with E-state index in [1.165, 1.54) is 0 Å². The zero-order valence-electron chi connectivity index (χ0n) is 16.1. The summed E-state index contributed by atoms with van der Waals surface area (Å²) in [5.41, 5.74) is 4.02. The van der Waals surface area contributed by atoms with E-state index in [1.807, 2.05) is 0 Å². The van der Waals surface area contributed by atoms with Crippen LogP contribution in [0, 0.1) is 0 Å². The van der Waals surface area contributed by atoms with E-state index in [4.69, 9.17) is 0 Å². The van der Waals surface area contributed by atoms with Crippen LogP contribution in [0.4, 0.5) is 0 Å². The number of rotatable bonds is 2. The molecule has 2 N–H and O–H groups in total. The maximum atomic E-state index is 11.3. The molecule has 1 spiro atoms. The second-order valence-corrected chi connectivity index (χ2v) is 9.35. The van der Waals surface area contributed by atoms with E-state index in [-0.39, 0.29) is 27.7 Å². The summed E-state index contributed by atoms with van der Waals surface area (Å²) in [6, 6.07) is 7.06. The topological polar surface area (TPSA) is 74.6 Å². The number of carbonyl (C=O) groups is 2. The van der Waals surface area contributed by atoms with Crippen LogP contribution in [-0.4, -0.2) is 22.8 Å².